The lowest BCUT2D eigenvalue weighted by atomic mass is 9.79. The molecule has 1 heterocycles. The van der Waals surface area contributed by atoms with Crippen molar-refractivity contribution in [2.24, 2.45) is 17.1 Å². The molecule has 0 saturated carbocycles. The van der Waals surface area contributed by atoms with Crippen LogP contribution in [0.15, 0.2) is 24.3 Å². The smallest absolute Gasteiger partial charge is 0.251 e. The summed E-state index contributed by atoms with van der Waals surface area (Å²) in [6, 6.07) is 6.97. The number of nitrogens with two attached hydrogens (primary N) is 1. The molecule has 0 radical (unpaired) electrons. The fourth-order valence-corrected chi connectivity index (χ4v) is 3.28. The average molecular weight is 345 g/mol. The van der Waals surface area contributed by atoms with Gasteiger partial charge in [-0.1, -0.05) is 45.4 Å². The molecule has 0 aliphatic carbocycles. The summed E-state index contributed by atoms with van der Waals surface area (Å²) in [5.74, 6) is -0.209. The van der Waals surface area contributed by atoms with Crippen LogP contribution in [-0.2, 0) is 4.79 Å². The van der Waals surface area contributed by atoms with Gasteiger partial charge in [-0.25, -0.2) is 0 Å². The number of nitrogens with one attached hydrogen (secondary N) is 1. The second kappa shape index (κ2) is 7.56. The first kappa shape index (κ1) is 19.4. The number of nitrogens with zero attached hydrogens (tertiary/aromatic N) is 1. The van der Waals surface area contributed by atoms with Gasteiger partial charge in [0.2, 0.25) is 5.91 Å². The Balaban J connectivity index is 2.12. The van der Waals surface area contributed by atoms with Crippen LogP contribution in [0.1, 0.15) is 50.0 Å². The summed E-state index contributed by atoms with van der Waals surface area (Å²) in [7, 11) is 0. The topological polar surface area (TPSA) is 75.4 Å². The van der Waals surface area contributed by atoms with Crippen LogP contribution in [0.3, 0.4) is 0 Å². The first-order valence-corrected chi connectivity index (χ1v) is 9.03. The van der Waals surface area contributed by atoms with Crippen molar-refractivity contribution in [1.82, 2.24) is 10.2 Å². The Labute approximate surface area is 151 Å². The molecule has 2 rings (SSSR count). The highest BCUT2D eigenvalue weighted by Crippen LogP contribution is 2.28. The van der Waals surface area contributed by atoms with E-state index in [0.717, 1.165) is 12.0 Å². The monoisotopic (exact) mass is 345 g/mol. The molecular weight excluding hydrogens is 314 g/mol. The number of amides is 2. The van der Waals surface area contributed by atoms with Gasteiger partial charge in [-0.15, -0.1) is 0 Å². The van der Waals surface area contributed by atoms with Crippen LogP contribution in [-0.4, -0.2) is 41.9 Å². The molecule has 25 heavy (non-hydrogen) atoms. The molecule has 1 saturated heterocycles. The molecule has 0 bridgehead atoms. The Kier molecular flexibility index (Phi) is 5.88. The molecular formula is C20H31N3O2. The van der Waals surface area contributed by atoms with Gasteiger partial charge < -0.3 is 16.0 Å². The lowest BCUT2D eigenvalue weighted by Gasteiger charge is -2.44. The third kappa shape index (κ3) is 4.60. The Morgan fingerprint density at radius 2 is 2.00 bits per heavy atom. The maximum atomic E-state index is 13.0. The molecule has 1 aromatic carbocycles. The van der Waals surface area contributed by atoms with E-state index >= 15 is 0 Å². The van der Waals surface area contributed by atoms with Gasteiger partial charge in [0.25, 0.3) is 5.91 Å². The lowest BCUT2D eigenvalue weighted by molar-refractivity contribution is -0.137. The normalized spacial score (nSPS) is 21.1. The number of piperidine rings is 1. The van der Waals surface area contributed by atoms with Crippen LogP contribution in [0.25, 0.3) is 0 Å². The van der Waals surface area contributed by atoms with Crippen molar-refractivity contribution in [3.05, 3.63) is 35.4 Å². The number of carbonyl (C=O) groups excluding carboxylic acids is 2. The zero-order valence-electron chi connectivity index (χ0n) is 16.0. The summed E-state index contributed by atoms with van der Waals surface area (Å²) in [6.07, 6.45) is 0.787. The van der Waals surface area contributed by atoms with Gasteiger partial charge >= 0.3 is 0 Å². The highest BCUT2D eigenvalue weighted by molar-refractivity contribution is 5.97. The molecule has 3 N–H and O–H groups in total. The molecule has 1 aliphatic heterocycles. The zero-order valence-corrected chi connectivity index (χ0v) is 16.0. The minimum atomic E-state index is -0.530. The largest absolute Gasteiger partial charge is 0.340 e. The molecule has 0 spiro atoms. The lowest BCUT2D eigenvalue weighted by Crippen LogP contribution is -2.59. The van der Waals surface area contributed by atoms with Crippen molar-refractivity contribution in [2.75, 3.05) is 13.1 Å². The fraction of sp³-hybridized carbons (Fsp3) is 0.600. The van der Waals surface area contributed by atoms with E-state index in [9.17, 15) is 9.59 Å². The van der Waals surface area contributed by atoms with E-state index in [0.29, 0.717) is 18.7 Å². The van der Waals surface area contributed by atoms with E-state index in [1.165, 1.54) is 0 Å². The number of aryl methyl sites for hydroxylation is 1. The number of likely N-dealkylation sites (tertiary alicyclic amines) is 1. The summed E-state index contributed by atoms with van der Waals surface area (Å²) in [6.45, 7) is 11.3. The van der Waals surface area contributed by atoms with Crippen molar-refractivity contribution < 1.29 is 9.59 Å². The van der Waals surface area contributed by atoms with E-state index in [2.05, 4.69) is 19.2 Å². The summed E-state index contributed by atoms with van der Waals surface area (Å²) in [5.41, 5.74) is 7.66. The predicted octanol–water partition coefficient (Wildman–Crippen LogP) is 2.34. The molecule has 2 unspecified atom stereocenters. The van der Waals surface area contributed by atoms with Crippen molar-refractivity contribution in [2.45, 2.75) is 53.1 Å². The van der Waals surface area contributed by atoms with Crippen molar-refractivity contribution in [3.63, 3.8) is 0 Å². The first-order valence-electron chi connectivity index (χ1n) is 9.03. The zero-order chi connectivity index (χ0) is 18.8. The number of benzene rings is 1. The summed E-state index contributed by atoms with van der Waals surface area (Å²) in [5, 5.41) is 2.93. The van der Waals surface area contributed by atoms with Gasteiger partial charge in [0.05, 0.1) is 0 Å². The second-order valence-corrected chi connectivity index (χ2v) is 8.21. The SMILES string of the molecule is Cc1cccc(C(=O)NC(C(=O)N2CCC(N)C(C)(C)C2)C(C)C)c1. The molecule has 138 valence electrons. The molecule has 5 nitrogen and oxygen atoms in total. The van der Waals surface area contributed by atoms with Gasteiger partial charge in [-0.2, -0.15) is 0 Å². The Hall–Kier alpha value is -1.88. The summed E-state index contributed by atoms with van der Waals surface area (Å²) < 4.78 is 0. The molecule has 5 heteroatoms. The minimum Gasteiger partial charge on any atom is -0.340 e. The number of carbonyl (C=O) groups is 2. The van der Waals surface area contributed by atoms with E-state index in [4.69, 9.17) is 5.73 Å². The van der Waals surface area contributed by atoms with Crippen LogP contribution in [0, 0.1) is 18.3 Å². The number of hydrogen-bond donors (Lipinski definition) is 2. The van der Waals surface area contributed by atoms with E-state index < -0.39 is 6.04 Å². The molecule has 2 atom stereocenters. The standard InChI is InChI=1S/C20H31N3O2/c1-13(2)17(22-18(24)15-8-6-7-14(3)11-15)19(25)23-10-9-16(21)20(4,5)12-23/h6-8,11,13,16-17H,9-10,12,21H2,1-5H3,(H,22,24). The molecule has 1 fully saturated rings. The maximum Gasteiger partial charge on any atom is 0.251 e. The number of hydrogen-bond acceptors (Lipinski definition) is 3. The summed E-state index contributed by atoms with van der Waals surface area (Å²) in [4.78, 5) is 27.5. The van der Waals surface area contributed by atoms with Gasteiger partial charge in [0.1, 0.15) is 6.04 Å². The quantitative estimate of drug-likeness (QED) is 0.879. The molecule has 1 aromatic rings. The first-order chi connectivity index (χ1) is 11.6. The number of rotatable bonds is 4. The van der Waals surface area contributed by atoms with E-state index in [1.807, 2.05) is 43.9 Å². The second-order valence-electron chi connectivity index (χ2n) is 8.21. The van der Waals surface area contributed by atoms with Crippen molar-refractivity contribution in [1.29, 1.82) is 0 Å². The molecule has 2 amide bonds. The summed E-state index contributed by atoms with van der Waals surface area (Å²) >= 11 is 0. The predicted molar refractivity (Wildman–Crippen MR) is 100 cm³/mol. The van der Waals surface area contributed by atoms with Crippen LogP contribution in [0.2, 0.25) is 0 Å². The fourth-order valence-electron chi connectivity index (χ4n) is 3.28. The molecule has 1 aliphatic rings. The van der Waals surface area contributed by atoms with Gasteiger partial charge in [-0.3, -0.25) is 9.59 Å². The van der Waals surface area contributed by atoms with Gasteiger partial charge in [-0.05, 0) is 36.8 Å². The highest BCUT2D eigenvalue weighted by Gasteiger charge is 2.38. The molecule has 0 aromatic heterocycles. The Bertz CT molecular complexity index is 640. The third-order valence-electron chi connectivity index (χ3n) is 5.12. The highest BCUT2D eigenvalue weighted by atomic mass is 16.2. The van der Waals surface area contributed by atoms with E-state index in [1.54, 1.807) is 6.07 Å². The van der Waals surface area contributed by atoms with Gasteiger partial charge in [0, 0.05) is 24.7 Å². The van der Waals surface area contributed by atoms with Gasteiger partial charge in [0.15, 0.2) is 0 Å². The maximum absolute atomic E-state index is 13.0. The van der Waals surface area contributed by atoms with Crippen molar-refractivity contribution in [3.8, 4) is 0 Å². The van der Waals surface area contributed by atoms with Crippen LogP contribution in [0.5, 0.6) is 0 Å². The van der Waals surface area contributed by atoms with E-state index in [-0.39, 0.29) is 29.2 Å². The van der Waals surface area contributed by atoms with Crippen LogP contribution >= 0.6 is 0 Å². The average Bonchev–Trinajstić information content (AvgIpc) is 2.54. The minimum absolute atomic E-state index is 0.0139. The Morgan fingerprint density at radius 1 is 1.32 bits per heavy atom. The Morgan fingerprint density at radius 3 is 2.56 bits per heavy atom. The van der Waals surface area contributed by atoms with Crippen LogP contribution in [0.4, 0.5) is 0 Å². The van der Waals surface area contributed by atoms with Crippen LogP contribution < -0.4 is 11.1 Å². The van der Waals surface area contributed by atoms with Crippen molar-refractivity contribution >= 4 is 11.8 Å². The third-order valence-corrected chi connectivity index (χ3v) is 5.12.